The molecule has 144 valence electrons. The quantitative estimate of drug-likeness (QED) is 0.663. The molecular formula is C20H17NO6S. The molecule has 2 aliphatic rings. The molecule has 0 fully saturated rings. The number of aryl methyl sites for hydroxylation is 1. The molecule has 0 radical (unpaired) electrons. The van der Waals surface area contributed by atoms with Crippen molar-refractivity contribution in [1.29, 1.82) is 0 Å². The monoisotopic (exact) mass is 399 g/mol. The van der Waals surface area contributed by atoms with Gasteiger partial charge in [-0.1, -0.05) is 0 Å². The Bertz CT molecular complexity index is 1160. The van der Waals surface area contributed by atoms with E-state index in [1.165, 1.54) is 38.2 Å². The molecule has 28 heavy (non-hydrogen) atoms. The number of carbonyl (C=O) groups excluding carboxylic acids is 2. The predicted octanol–water partition coefficient (Wildman–Crippen LogP) is 3.36. The summed E-state index contributed by atoms with van der Waals surface area (Å²) in [6.45, 7) is 6.04. The Morgan fingerprint density at radius 1 is 1.21 bits per heavy atom. The summed E-state index contributed by atoms with van der Waals surface area (Å²) in [6.07, 6.45) is 1.21. The third-order valence-corrected chi connectivity index (χ3v) is 6.05. The number of benzene rings is 1. The van der Waals surface area contributed by atoms with Crippen LogP contribution >= 0.6 is 11.3 Å². The number of aromatic nitrogens is 1. The maximum absolute atomic E-state index is 13.2. The van der Waals surface area contributed by atoms with Crippen LogP contribution in [0.5, 0.6) is 17.2 Å². The van der Waals surface area contributed by atoms with E-state index in [2.05, 4.69) is 4.98 Å². The number of aromatic hydroxyl groups is 2. The van der Waals surface area contributed by atoms with E-state index in [-0.39, 0.29) is 45.3 Å². The van der Waals surface area contributed by atoms with E-state index < -0.39 is 22.7 Å². The molecule has 7 nitrogen and oxygen atoms in total. The largest absolute Gasteiger partial charge is 0.507 e. The Kier molecular flexibility index (Phi) is 3.70. The number of ether oxygens (including phenoxy) is 1. The number of hydrogen-bond acceptors (Lipinski definition) is 8. The number of nitrogens with zero attached hydrogens (tertiary/aromatic N) is 1. The Balaban J connectivity index is 2.07. The van der Waals surface area contributed by atoms with Gasteiger partial charge >= 0.3 is 0 Å². The van der Waals surface area contributed by atoms with Crippen LogP contribution < -0.4 is 4.74 Å². The second kappa shape index (κ2) is 5.68. The lowest BCUT2D eigenvalue weighted by molar-refractivity contribution is -0.123. The average molecular weight is 399 g/mol. The van der Waals surface area contributed by atoms with Crippen LogP contribution in [0.15, 0.2) is 28.5 Å². The van der Waals surface area contributed by atoms with E-state index in [1.807, 2.05) is 6.92 Å². The lowest BCUT2D eigenvalue weighted by Crippen LogP contribution is -2.38. The van der Waals surface area contributed by atoms with E-state index in [1.54, 1.807) is 5.38 Å². The van der Waals surface area contributed by atoms with Crippen molar-refractivity contribution in [3.63, 3.8) is 0 Å². The molecule has 0 bridgehead atoms. The Hall–Kier alpha value is -3.13. The number of carbonyl (C=O) groups is 2. The molecule has 1 aromatic carbocycles. The predicted molar refractivity (Wildman–Crippen MR) is 102 cm³/mol. The van der Waals surface area contributed by atoms with Crippen LogP contribution in [0.3, 0.4) is 0 Å². The summed E-state index contributed by atoms with van der Waals surface area (Å²) in [7, 11) is 0. The first kappa shape index (κ1) is 18.2. The average Bonchev–Trinajstić information content (AvgIpc) is 3.15. The summed E-state index contributed by atoms with van der Waals surface area (Å²) in [5.41, 5.74) is -0.849. The van der Waals surface area contributed by atoms with Gasteiger partial charge in [-0.3, -0.25) is 9.59 Å². The number of rotatable bonds is 2. The molecule has 0 spiro atoms. The van der Waals surface area contributed by atoms with Crippen molar-refractivity contribution in [1.82, 2.24) is 4.98 Å². The van der Waals surface area contributed by atoms with Gasteiger partial charge in [0.2, 0.25) is 0 Å². The van der Waals surface area contributed by atoms with Crippen LogP contribution in [-0.2, 0) is 15.0 Å². The number of Topliss-reactive ketones (excluding diaryl/α,β-unsaturated/α-hetero) is 2. The first-order chi connectivity index (χ1) is 13.1. The number of hydrogen-bond donors (Lipinski definition) is 3. The fourth-order valence-corrected chi connectivity index (χ4v) is 4.35. The van der Waals surface area contributed by atoms with Crippen molar-refractivity contribution in [3.05, 3.63) is 44.7 Å². The zero-order valence-corrected chi connectivity index (χ0v) is 16.4. The fourth-order valence-electron chi connectivity index (χ4n) is 3.75. The summed E-state index contributed by atoms with van der Waals surface area (Å²) in [4.78, 5) is 29.5. The third kappa shape index (κ3) is 2.12. The summed E-state index contributed by atoms with van der Waals surface area (Å²) in [6, 6.07) is 0. The molecule has 0 unspecified atom stereocenters. The van der Waals surface area contributed by atoms with Gasteiger partial charge in [0.15, 0.2) is 11.6 Å². The van der Waals surface area contributed by atoms with Crippen molar-refractivity contribution in [2.24, 2.45) is 0 Å². The minimum Gasteiger partial charge on any atom is -0.507 e. The van der Waals surface area contributed by atoms with Crippen LogP contribution in [0.25, 0.3) is 11.3 Å². The van der Waals surface area contributed by atoms with E-state index in [9.17, 15) is 24.9 Å². The molecular weight excluding hydrogens is 382 g/mol. The third-order valence-electron chi connectivity index (χ3n) is 5.28. The first-order valence-electron chi connectivity index (χ1n) is 8.49. The summed E-state index contributed by atoms with van der Waals surface area (Å²) in [5, 5.41) is 34.2. The minimum atomic E-state index is -1.51. The van der Waals surface area contributed by atoms with E-state index >= 15 is 0 Å². The minimum absolute atomic E-state index is 0.0727. The van der Waals surface area contributed by atoms with Crippen LogP contribution in [0, 0.1) is 13.8 Å². The van der Waals surface area contributed by atoms with Crippen molar-refractivity contribution in [2.45, 2.75) is 33.1 Å². The van der Waals surface area contributed by atoms with Gasteiger partial charge in [-0.15, -0.1) is 11.3 Å². The number of phenolic OH excluding ortho intramolecular Hbond substituents is 2. The number of allylic oxidation sites excluding steroid dienone is 3. The van der Waals surface area contributed by atoms with Crippen LogP contribution in [0.4, 0.5) is 0 Å². The molecule has 1 aromatic heterocycles. The lowest BCUT2D eigenvalue weighted by atomic mass is 9.71. The smallest absolute Gasteiger partial charge is 0.188 e. The maximum Gasteiger partial charge on any atom is 0.188 e. The van der Waals surface area contributed by atoms with Gasteiger partial charge in [-0.05, 0) is 27.7 Å². The topological polar surface area (TPSA) is 117 Å². The molecule has 0 amide bonds. The highest BCUT2D eigenvalue weighted by molar-refractivity contribution is 7.09. The lowest BCUT2D eigenvalue weighted by Gasteiger charge is -2.28. The number of ketones is 2. The summed E-state index contributed by atoms with van der Waals surface area (Å²) in [5.74, 6) is -2.08. The Morgan fingerprint density at radius 2 is 1.89 bits per heavy atom. The van der Waals surface area contributed by atoms with Gasteiger partial charge < -0.3 is 20.1 Å². The highest BCUT2D eigenvalue weighted by atomic mass is 32.1. The van der Waals surface area contributed by atoms with Crippen molar-refractivity contribution in [3.8, 4) is 28.5 Å². The van der Waals surface area contributed by atoms with Crippen LogP contribution in [0.1, 0.15) is 30.0 Å². The summed E-state index contributed by atoms with van der Waals surface area (Å²) >= 11 is 1.38. The highest BCUT2D eigenvalue weighted by Gasteiger charge is 2.55. The van der Waals surface area contributed by atoms with Crippen molar-refractivity contribution in [2.75, 3.05) is 0 Å². The molecule has 0 saturated heterocycles. The molecule has 2 aromatic rings. The molecule has 4 rings (SSSR count). The number of fused-ring (bicyclic) bond motifs is 3. The molecule has 1 aliphatic heterocycles. The number of aliphatic hydroxyl groups excluding tert-OH is 1. The van der Waals surface area contributed by atoms with Gasteiger partial charge in [-0.25, -0.2) is 4.98 Å². The molecule has 8 heteroatoms. The van der Waals surface area contributed by atoms with Gasteiger partial charge in [0.1, 0.15) is 39.8 Å². The Labute approximate surface area is 164 Å². The van der Waals surface area contributed by atoms with Crippen molar-refractivity contribution < 1.29 is 29.6 Å². The first-order valence-corrected chi connectivity index (χ1v) is 9.37. The van der Waals surface area contributed by atoms with E-state index in [0.717, 1.165) is 5.01 Å². The zero-order chi connectivity index (χ0) is 20.5. The van der Waals surface area contributed by atoms with Gasteiger partial charge in [0, 0.05) is 17.0 Å². The zero-order valence-electron chi connectivity index (χ0n) is 15.6. The van der Waals surface area contributed by atoms with Crippen LogP contribution in [0.2, 0.25) is 0 Å². The highest BCUT2D eigenvalue weighted by Crippen LogP contribution is 2.59. The molecule has 1 atom stereocenters. The molecule has 3 N–H and O–H groups in total. The number of phenols is 2. The van der Waals surface area contributed by atoms with Gasteiger partial charge in [-0.2, -0.15) is 0 Å². The normalized spacial score (nSPS) is 20.6. The molecule has 0 saturated carbocycles. The second-order valence-corrected chi connectivity index (χ2v) is 8.10. The Morgan fingerprint density at radius 3 is 2.46 bits per heavy atom. The maximum atomic E-state index is 13.2. The number of aliphatic hydroxyl groups is 1. The molecule has 2 heterocycles. The van der Waals surface area contributed by atoms with Gasteiger partial charge in [0.05, 0.1) is 21.8 Å². The standard InChI is InChI=1S/C20H17NO6S/c1-7-16(24)14(10-6-28-9(3)21-10)18-15(17(7)25)20(4)12(27-18)5-11(23)13(8(2)22)19(20)26/h5-6,23-25H,1-4H3/t20-/m0/s1. The van der Waals surface area contributed by atoms with Crippen molar-refractivity contribution >= 4 is 22.9 Å². The SMILES string of the molecule is CC(=O)C1=C(O)C=C2Oc3c(-c4csc(C)n4)c(O)c(C)c(O)c3[C@@]2(C)C1=O. The summed E-state index contributed by atoms with van der Waals surface area (Å²) < 4.78 is 5.87. The fraction of sp³-hybridized carbons (Fsp3) is 0.250. The van der Waals surface area contributed by atoms with E-state index in [4.69, 9.17) is 4.74 Å². The van der Waals surface area contributed by atoms with Gasteiger partial charge in [0.25, 0.3) is 0 Å². The second-order valence-electron chi connectivity index (χ2n) is 7.03. The van der Waals surface area contributed by atoms with Crippen LogP contribution in [-0.4, -0.2) is 31.9 Å². The molecule has 1 aliphatic carbocycles. The number of thiazole rings is 1. The van der Waals surface area contributed by atoms with E-state index in [0.29, 0.717) is 5.69 Å².